The molecule has 1 saturated heterocycles. The van der Waals surface area contributed by atoms with E-state index in [4.69, 9.17) is 0 Å². The van der Waals surface area contributed by atoms with E-state index in [0.29, 0.717) is 12.6 Å². The predicted molar refractivity (Wildman–Crippen MR) is 75.1 cm³/mol. The lowest BCUT2D eigenvalue weighted by atomic mass is 10.2. The van der Waals surface area contributed by atoms with Gasteiger partial charge in [0.25, 0.3) is 0 Å². The van der Waals surface area contributed by atoms with Gasteiger partial charge in [0.1, 0.15) is 12.1 Å². The summed E-state index contributed by atoms with van der Waals surface area (Å²) in [5, 5.41) is 9.83. The molecule has 2 unspecified atom stereocenters. The van der Waals surface area contributed by atoms with Crippen molar-refractivity contribution in [1.29, 1.82) is 0 Å². The number of hydrogen-bond acceptors (Lipinski definition) is 5. The fourth-order valence-corrected chi connectivity index (χ4v) is 2.87. The molecule has 0 aromatic carbocycles. The van der Waals surface area contributed by atoms with E-state index in [1.54, 1.807) is 12.5 Å². The van der Waals surface area contributed by atoms with Crippen LogP contribution in [0.2, 0.25) is 0 Å². The maximum Gasteiger partial charge on any atom is 0.145 e. The van der Waals surface area contributed by atoms with Crippen LogP contribution in [0.3, 0.4) is 0 Å². The molecule has 1 fully saturated rings. The molecule has 2 atom stereocenters. The van der Waals surface area contributed by atoms with E-state index < -0.39 is 0 Å². The molecule has 0 aliphatic carbocycles. The molecule has 0 saturated carbocycles. The number of aromatic nitrogens is 2. The summed E-state index contributed by atoms with van der Waals surface area (Å²) < 4.78 is 1.03. The Balaban J connectivity index is 2.21. The van der Waals surface area contributed by atoms with Crippen molar-refractivity contribution in [2.75, 3.05) is 32.1 Å². The third-order valence-electron chi connectivity index (χ3n) is 2.89. The second-order valence-corrected chi connectivity index (χ2v) is 5.81. The van der Waals surface area contributed by atoms with Gasteiger partial charge in [0.2, 0.25) is 0 Å². The average Bonchev–Trinajstić information content (AvgIpc) is 2.59. The number of aliphatic hydroxyl groups excluding tert-OH is 1. The fourth-order valence-electron chi connectivity index (χ4n) is 2.26. The molecular formula is C11H17IN4O. The van der Waals surface area contributed by atoms with Crippen LogP contribution in [0.15, 0.2) is 12.5 Å². The maximum absolute atomic E-state index is 9.83. The first kappa shape index (κ1) is 13.0. The van der Waals surface area contributed by atoms with Crippen molar-refractivity contribution in [1.82, 2.24) is 14.9 Å². The maximum atomic E-state index is 9.83. The van der Waals surface area contributed by atoms with Crippen LogP contribution >= 0.6 is 22.6 Å². The number of rotatable bonds is 3. The van der Waals surface area contributed by atoms with Gasteiger partial charge in [0.15, 0.2) is 0 Å². The fraction of sp³-hybridized carbons (Fsp3) is 0.636. The lowest BCUT2D eigenvalue weighted by Gasteiger charge is -2.28. The number of β-amino-alcohol motifs (C(OH)–C–C–N with tert-alkyl or cyclic N) is 1. The van der Waals surface area contributed by atoms with Crippen molar-refractivity contribution in [3.63, 3.8) is 0 Å². The summed E-state index contributed by atoms with van der Waals surface area (Å²) in [6.45, 7) is 1.59. The van der Waals surface area contributed by atoms with Crippen LogP contribution < -0.4 is 4.90 Å². The second kappa shape index (κ2) is 5.45. The van der Waals surface area contributed by atoms with Gasteiger partial charge in [-0.1, -0.05) is 0 Å². The third kappa shape index (κ3) is 3.05. The van der Waals surface area contributed by atoms with Crippen LogP contribution in [0.5, 0.6) is 0 Å². The van der Waals surface area contributed by atoms with Crippen molar-refractivity contribution in [2.24, 2.45) is 0 Å². The minimum Gasteiger partial charge on any atom is -0.391 e. The summed E-state index contributed by atoms with van der Waals surface area (Å²) in [4.78, 5) is 12.7. The SMILES string of the molecule is CN(C)CC1CC(O)CN1c1ncncc1I. The van der Waals surface area contributed by atoms with Gasteiger partial charge in [0, 0.05) is 25.3 Å². The molecule has 2 rings (SSSR count). The molecule has 1 aliphatic rings. The van der Waals surface area contributed by atoms with Gasteiger partial charge in [-0.2, -0.15) is 0 Å². The highest BCUT2D eigenvalue weighted by Gasteiger charge is 2.32. The van der Waals surface area contributed by atoms with Crippen LogP contribution in [0.25, 0.3) is 0 Å². The van der Waals surface area contributed by atoms with Crippen LogP contribution in [0.1, 0.15) is 6.42 Å². The van der Waals surface area contributed by atoms with E-state index in [1.807, 2.05) is 14.1 Å². The van der Waals surface area contributed by atoms with E-state index in [9.17, 15) is 5.11 Å². The first-order valence-corrected chi connectivity index (χ1v) is 6.70. The summed E-state index contributed by atoms with van der Waals surface area (Å²) in [7, 11) is 4.10. The Morgan fingerprint density at radius 2 is 2.35 bits per heavy atom. The van der Waals surface area contributed by atoms with Gasteiger partial charge in [0.05, 0.1) is 9.67 Å². The first-order chi connectivity index (χ1) is 8.08. The number of halogens is 1. The number of aliphatic hydroxyl groups is 1. The number of hydrogen-bond donors (Lipinski definition) is 1. The van der Waals surface area contributed by atoms with Gasteiger partial charge >= 0.3 is 0 Å². The Hall–Kier alpha value is -0.470. The largest absolute Gasteiger partial charge is 0.391 e. The van der Waals surface area contributed by atoms with Crippen LogP contribution in [-0.4, -0.2) is 59.3 Å². The summed E-state index contributed by atoms with van der Waals surface area (Å²) in [6.07, 6.45) is 3.92. The zero-order chi connectivity index (χ0) is 12.4. The van der Waals surface area contributed by atoms with E-state index in [1.165, 1.54) is 0 Å². The zero-order valence-corrected chi connectivity index (χ0v) is 12.2. The molecular weight excluding hydrogens is 331 g/mol. The van der Waals surface area contributed by atoms with Crippen LogP contribution in [0, 0.1) is 3.57 Å². The molecule has 6 heteroatoms. The van der Waals surface area contributed by atoms with Gasteiger partial charge in [-0.05, 0) is 43.1 Å². The highest BCUT2D eigenvalue weighted by Crippen LogP contribution is 2.27. The Labute approximate surface area is 115 Å². The van der Waals surface area contributed by atoms with E-state index >= 15 is 0 Å². The summed E-state index contributed by atoms with van der Waals surface area (Å²) in [6, 6.07) is 0.323. The molecule has 1 aromatic heterocycles. The van der Waals surface area contributed by atoms with Gasteiger partial charge in [-0.25, -0.2) is 9.97 Å². The third-order valence-corrected chi connectivity index (χ3v) is 3.65. The molecule has 1 aromatic rings. The molecule has 5 nitrogen and oxygen atoms in total. The van der Waals surface area contributed by atoms with Gasteiger partial charge in [-0.15, -0.1) is 0 Å². The van der Waals surface area contributed by atoms with Crippen molar-refractivity contribution in [3.05, 3.63) is 16.1 Å². The van der Waals surface area contributed by atoms with Crippen molar-refractivity contribution in [2.45, 2.75) is 18.6 Å². The van der Waals surface area contributed by atoms with Crippen molar-refractivity contribution < 1.29 is 5.11 Å². The molecule has 0 spiro atoms. The Morgan fingerprint density at radius 1 is 1.59 bits per heavy atom. The monoisotopic (exact) mass is 348 g/mol. The number of likely N-dealkylation sites (N-methyl/N-ethyl adjacent to an activating group) is 1. The molecule has 17 heavy (non-hydrogen) atoms. The summed E-state index contributed by atoms with van der Waals surface area (Å²) >= 11 is 2.24. The smallest absolute Gasteiger partial charge is 0.145 e. The highest BCUT2D eigenvalue weighted by molar-refractivity contribution is 14.1. The second-order valence-electron chi connectivity index (χ2n) is 4.65. The minimum absolute atomic E-state index is 0.259. The lowest BCUT2D eigenvalue weighted by Crippen LogP contribution is -2.38. The molecule has 0 bridgehead atoms. The Morgan fingerprint density at radius 3 is 3.00 bits per heavy atom. The normalized spacial score (nSPS) is 24.6. The summed E-state index contributed by atoms with van der Waals surface area (Å²) in [5.74, 6) is 0.934. The average molecular weight is 348 g/mol. The summed E-state index contributed by atoms with van der Waals surface area (Å²) in [5.41, 5.74) is 0. The van der Waals surface area contributed by atoms with Crippen molar-refractivity contribution >= 4 is 28.4 Å². The quantitative estimate of drug-likeness (QED) is 0.810. The number of anilines is 1. The van der Waals surface area contributed by atoms with Crippen molar-refractivity contribution in [3.8, 4) is 0 Å². The Bertz CT molecular complexity index is 387. The Kier molecular flexibility index (Phi) is 4.16. The topological polar surface area (TPSA) is 52.5 Å². The molecule has 0 amide bonds. The standard InChI is InChI=1S/C11H17IN4O/c1-15(2)5-8-3-9(17)6-16(8)11-10(12)4-13-7-14-11/h4,7-9,17H,3,5-6H2,1-2H3. The van der Waals surface area contributed by atoms with E-state index in [-0.39, 0.29) is 6.10 Å². The molecule has 1 N–H and O–H groups in total. The lowest BCUT2D eigenvalue weighted by molar-refractivity contribution is 0.191. The van der Waals surface area contributed by atoms with Crippen LogP contribution in [-0.2, 0) is 0 Å². The van der Waals surface area contributed by atoms with Gasteiger partial charge < -0.3 is 14.9 Å². The number of nitrogens with zero attached hydrogens (tertiary/aromatic N) is 4. The molecule has 1 aliphatic heterocycles. The highest BCUT2D eigenvalue weighted by atomic mass is 127. The minimum atomic E-state index is -0.259. The van der Waals surface area contributed by atoms with Crippen LogP contribution in [0.4, 0.5) is 5.82 Å². The van der Waals surface area contributed by atoms with E-state index in [2.05, 4.69) is 42.4 Å². The molecule has 0 radical (unpaired) electrons. The first-order valence-electron chi connectivity index (χ1n) is 5.63. The molecule has 94 valence electrons. The molecule has 2 heterocycles. The zero-order valence-electron chi connectivity index (χ0n) is 10.0. The van der Waals surface area contributed by atoms with E-state index in [0.717, 1.165) is 22.4 Å². The predicted octanol–water partition coefficient (Wildman–Crippen LogP) is 0.582. The van der Waals surface area contributed by atoms with Gasteiger partial charge in [-0.3, -0.25) is 0 Å².